The molecule has 3 aromatic carbocycles. The third-order valence-corrected chi connectivity index (χ3v) is 6.92. The maximum atomic E-state index is 13.5. The van der Waals surface area contributed by atoms with Crippen molar-refractivity contribution in [1.82, 2.24) is 14.1 Å². The zero-order chi connectivity index (χ0) is 30.0. The first-order valence-corrected chi connectivity index (χ1v) is 13.0. The van der Waals surface area contributed by atoms with Crippen LogP contribution >= 0.6 is 0 Å². The number of carbonyl (C=O) groups excluding carboxylic acids is 1. The average molecular weight is 570 g/mol. The van der Waals surface area contributed by atoms with Gasteiger partial charge in [0, 0.05) is 48.8 Å². The Balaban J connectivity index is 1.43. The summed E-state index contributed by atoms with van der Waals surface area (Å²) in [4.78, 5) is 45.8. The molecule has 0 atom stereocenters. The van der Waals surface area contributed by atoms with E-state index in [4.69, 9.17) is 9.47 Å². The summed E-state index contributed by atoms with van der Waals surface area (Å²) in [5.74, 6) is -0.0298. The van der Waals surface area contributed by atoms with Gasteiger partial charge in [-0.15, -0.1) is 0 Å². The van der Waals surface area contributed by atoms with Gasteiger partial charge in [-0.2, -0.15) is 0 Å². The molecular formula is C31H28FN5O5. The van der Waals surface area contributed by atoms with Crippen LogP contribution in [-0.2, 0) is 6.54 Å². The lowest BCUT2D eigenvalue weighted by atomic mass is 10.1. The lowest BCUT2D eigenvalue weighted by molar-refractivity contribution is 0.102. The number of anilines is 3. The maximum absolute atomic E-state index is 13.5. The SMILES string of the molecule is CCn1cc(C(=O)Nc2ccc(N(C)c3ccnc4cc(OC)c(OC)cc34)cc2)c(=O)n(-c2ccc(F)cc2)c1=O. The van der Waals surface area contributed by atoms with Crippen LogP contribution in [0.2, 0.25) is 0 Å². The molecule has 10 nitrogen and oxygen atoms in total. The molecule has 214 valence electrons. The monoisotopic (exact) mass is 569 g/mol. The second kappa shape index (κ2) is 11.6. The summed E-state index contributed by atoms with van der Waals surface area (Å²) in [7, 11) is 5.05. The van der Waals surface area contributed by atoms with Crippen LogP contribution in [0, 0.1) is 5.82 Å². The lowest BCUT2D eigenvalue weighted by Gasteiger charge is -2.22. The van der Waals surface area contributed by atoms with Gasteiger partial charge in [0.25, 0.3) is 11.5 Å². The van der Waals surface area contributed by atoms with E-state index in [-0.39, 0.29) is 17.8 Å². The Labute approximate surface area is 240 Å². The Morgan fingerprint density at radius 2 is 1.64 bits per heavy atom. The molecule has 0 spiro atoms. The fraction of sp³-hybridized carbons (Fsp3) is 0.161. The Hall–Kier alpha value is -5.45. The lowest BCUT2D eigenvalue weighted by Crippen LogP contribution is -2.42. The first kappa shape index (κ1) is 28.1. The molecule has 1 N–H and O–H groups in total. The number of pyridine rings is 1. The molecule has 0 bridgehead atoms. The Kier molecular flexibility index (Phi) is 7.74. The van der Waals surface area contributed by atoms with Crippen molar-refractivity contribution in [3.05, 3.63) is 111 Å². The van der Waals surface area contributed by atoms with E-state index >= 15 is 0 Å². The predicted octanol–water partition coefficient (Wildman–Crippen LogP) is 4.74. The third kappa shape index (κ3) is 5.19. The molecule has 2 heterocycles. The second-order valence-electron chi connectivity index (χ2n) is 9.34. The predicted molar refractivity (Wildman–Crippen MR) is 159 cm³/mol. The minimum Gasteiger partial charge on any atom is -0.493 e. The molecule has 2 aromatic heterocycles. The topological polar surface area (TPSA) is 108 Å². The fourth-order valence-corrected chi connectivity index (χ4v) is 4.66. The molecular weight excluding hydrogens is 541 g/mol. The number of hydrogen-bond donors (Lipinski definition) is 1. The smallest absolute Gasteiger partial charge is 0.335 e. The minimum absolute atomic E-state index is 0.162. The summed E-state index contributed by atoms with van der Waals surface area (Å²) in [6, 6.07) is 17.6. The Morgan fingerprint density at radius 1 is 0.976 bits per heavy atom. The number of carbonyl (C=O) groups is 1. The number of rotatable bonds is 8. The molecule has 0 aliphatic rings. The van der Waals surface area contributed by atoms with Crippen LogP contribution in [0.5, 0.6) is 11.5 Å². The summed E-state index contributed by atoms with van der Waals surface area (Å²) in [6.07, 6.45) is 2.95. The summed E-state index contributed by atoms with van der Waals surface area (Å²) in [5.41, 5.74) is 1.39. The number of benzene rings is 3. The van der Waals surface area contributed by atoms with Crippen LogP contribution in [0.3, 0.4) is 0 Å². The standard InChI is InChI=1S/C31H28FN5O5/c1-5-36-18-24(30(39)37(31(36)40)22-10-6-19(32)7-11-22)29(38)34-20-8-12-21(13-9-20)35(2)26-14-15-33-25-17-28(42-4)27(41-3)16-23(25)26/h6-18H,5H2,1-4H3,(H,34,38). The quantitative estimate of drug-likeness (QED) is 0.288. The van der Waals surface area contributed by atoms with Gasteiger partial charge in [-0.25, -0.2) is 13.8 Å². The molecule has 0 radical (unpaired) electrons. The summed E-state index contributed by atoms with van der Waals surface area (Å²) in [5, 5.41) is 3.59. The van der Waals surface area contributed by atoms with Gasteiger partial charge in [0.2, 0.25) is 0 Å². The van der Waals surface area contributed by atoms with Gasteiger partial charge in [-0.1, -0.05) is 0 Å². The van der Waals surface area contributed by atoms with Crippen LogP contribution in [0.25, 0.3) is 16.6 Å². The number of nitrogens with zero attached hydrogens (tertiary/aromatic N) is 4. The first-order valence-electron chi connectivity index (χ1n) is 13.0. The molecule has 11 heteroatoms. The molecule has 42 heavy (non-hydrogen) atoms. The first-order chi connectivity index (χ1) is 20.2. The molecule has 0 aliphatic heterocycles. The van der Waals surface area contributed by atoms with E-state index in [0.717, 1.165) is 39.0 Å². The molecule has 0 aliphatic carbocycles. The van der Waals surface area contributed by atoms with Gasteiger partial charge < -0.3 is 19.7 Å². The molecule has 0 saturated heterocycles. The van der Waals surface area contributed by atoms with E-state index in [9.17, 15) is 18.8 Å². The second-order valence-corrected chi connectivity index (χ2v) is 9.34. The van der Waals surface area contributed by atoms with Crippen LogP contribution < -0.4 is 30.9 Å². The number of nitrogens with one attached hydrogen (secondary N) is 1. The maximum Gasteiger partial charge on any atom is 0.335 e. The number of aromatic nitrogens is 3. The summed E-state index contributed by atoms with van der Waals surface area (Å²) < 4.78 is 26.4. The highest BCUT2D eigenvalue weighted by Crippen LogP contribution is 2.37. The number of aryl methyl sites for hydroxylation is 1. The van der Waals surface area contributed by atoms with Crippen molar-refractivity contribution in [1.29, 1.82) is 0 Å². The van der Waals surface area contributed by atoms with E-state index in [2.05, 4.69) is 10.3 Å². The summed E-state index contributed by atoms with van der Waals surface area (Å²) >= 11 is 0. The Morgan fingerprint density at radius 3 is 2.29 bits per heavy atom. The number of methoxy groups -OCH3 is 2. The van der Waals surface area contributed by atoms with E-state index in [1.807, 2.05) is 42.3 Å². The average Bonchev–Trinajstić information content (AvgIpc) is 3.01. The van der Waals surface area contributed by atoms with Crippen LogP contribution in [0.1, 0.15) is 17.3 Å². The highest BCUT2D eigenvalue weighted by molar-refractivity contribution is 6.04. The van der Waals surface area contributed by atoms with Crippen LogP contribution in [0.4, 0.5) is 21.5 Å². The van der Waals surface area contributed by atoms with Crippen molar-refractivity contribution >= 4 is 33.9 Å². The number of amides is 1. The molecule has 0 saturated carbocycles. The van der Waals surface area contributed by atoms with E-state index in [1.54, 1.807) is 39.5 Å². The van der Waals surface area contributed by atoms with Crippen LogP contribution in [-0.4, -0.2) is 41.3 Å². The highest BCUT2D eigenvalue weighted by atomic mass is 19.1. The largest absolute Gasteiger partial charge is 0.493 e. The zero-order valence-electron chi connectivity index (χ0n) is 23.4. The summed E-state index contributed by atoms with van der Waals surface area (Å²) in [6.45, 7) is 1.94. The van der Waals surface area contributed by atoms with Crippen molar-refractivity contribution in [2.75, 3.05) is 31.5 Å². The van der Waals surface area contributed by atoms with E-state index < -0.39 is 23.0 Å². The van der Waals surface area contributed by atoms with Crippen LogP contribution in [0.15, 0.2) is 88.7 Å². The van der Waals surface area contributed by atoms with Crippen molar-refractivity contribution in [3.63, 3.8) is 0 Å². The van der Waals surface area contributed by atoms with Crippen molar-refractivity contribution < 1.29 is 18.7 Å². The van der Waals surface area contributed by atoms with Gasteiger partial charge in [0.05, 0.1) is 31.1 Å². The molecule has 5 rings (SSSR count). The molecule has 0 unspecified atom stereocenters. The molecule has 0 fully saturated rings. The third-order valence-electron chi connectivity index (χ3n) is 6.92. The Bertz CT molecular complexity index is 1900. The normalized spacial score (nSPS) is 10.9. The van der Waals surface area contributed by atoms with Crippen molar-refractivity contribution in [3.8, 4) is 17.2 Å². The van der Waals surface area contributed by atoms with Crippen molar-refractivity contribution in [2.45, 2.75) is 13.5 Å². The van der Waals surface area contributed by atoms with Gasteiger partial charge in [0.1, 0.15) is 11.4 Å². The van der Waals surface area contributed by atoms with Gasteiger partial charge in [-0.05, 0) is 67.6 Å². The van der Waals surface area contributed by atoms with Gasteiger partial charge in [0.15, 0.2) is 11.5 Å². The van der Waals surface area contributed by atoms with Crippen molar-refractivity contribution in [2.24, 2.45) is 0 Å². The number of halogens is 1. The minimum atomic E-state index is -0.804. The molecule has 5 aromatic rings. The van der Waals surface area contributed by atoms with E-state index in [1.165, 1.54) is 22.9 Å². The number of fused-ring (bicyclic) bond motifs is 1. The van der Waals surface area contributed by atoms with Gasteiger partial charge in [-0.3, -0.25) is 19.1 Å². The highest BCUT2D eigenvalue weighted by Gasteiger charge is 2.19. The zero-order valence-corrected chi connectivity index (χ0v) is 23.4. The number of hydrogen-bond acceptors (Lipinski definition) is 7. The molecule has 1 amide bonds. The van der Waals surface area contributed by atoms with Gasteiger partial charge >= 0.3 is 5.69 Å². The fourth-order valence-electron chi connectivity index (χ4n) is 4.66. The number of ether oxygens (including phenoxy) is 2. The van der Waals surface area contributed by atoms with E-state index in [0.29, 0.717) is 17.2 Å².